The van der Waals surface area contributed by atoms with Crippen molar-refractivity contribution >= 4 is 27.6 Å². The van der Waals surface area contributed by atoms with Gasteiger partial charge in [0.05, 0.1) is 11.4 Å². The number of nitrogens with zero attached hydrogens (tertiary/aromatic N) is 1. The number of nitrogen functional groups attached to an aromatic ring is 1. The molecule has 0 amide bonds. The fourth-order valence-electron chi connectivity index (χ4n) is 1.81. The van der Waals surface area contributed by atoms with Gasteiger partial charge in [-0.15, -0.1) is 0 Å². The summed E-state index contributed by atoms with van der Waals surface area (Å²) in [5, 5.41) is 0. The lowest BCUT2D eigenvalue weighted by Crippen LogP contribution is -2.31. The van der Waals surface area contributed by atoms with E-state index >= 15 is 0 Å². The lowest BCUT2D eigenvalue weighted by atomic mass is 10.2. The second-order valence-corrected chi connectivity index (χ2v) is 6.69. The van der Waals surface area contributed by atoms with Gasteiger partial charge < -0.3 is 5.73 Å². The van der Waals surface area contributed by atoms with Gasteiger partial charge in [-0.3, -0.25) is 4.99 Å². The van der Waals surface area contributed by atoms with E-state index in [2.05, 4.69) is 9.71 Å². The largest absolute Gasteiger partial charge is 0.398 e. The molecule has 0 aliphatic rings. The Morgan fingerprint density at radius 3 is 2.62 bits per heavy atom. The summed E-state index contributed by atoms with van der Waals surface area (Å²) >= 11 is 0. The van der Waals surface area contributed by atoms with E-state index in [4.69, 9.17) is 5.73 Å². The number of rotatable bonds is 6. The highest BCUT2D eigenvalue weighted by molar-refractivity contribution is 7.89. The predicted octanol–water partition coefficient (Wildman–Crippen LogP) is 2.93. The Hall–Kier alpha value is -1.66. The number of hydrogen-bond acceptors (Lipinski definition) is 4. The van der Waals surface area contributed by atoms with Crippen molar-refractivity contribution in [3.05, 3.63) is 29.8 Å². The standard InChI is InChI=1S/C15H23N3O2S/c1-5-6-7-10-17-14-12(4)8-9-13(16)15(14)21(19,20)18-11(2)3/h6-11,18H,5,16H2,1-4H3/b7-6+,17-10-. The first kappa shape index (κ1) is 17.4. The van der Waals surface area contributed by atoms with Gasteiger partial charge in [0, 0.05) is 12.3 Å². The third-order valence-corrected chi connectivity index (χ3v) is 4.43. The molecule has 116 valence electrons. The topological polar surface area (TPSA) is 84.5 Å². The van der Waals surface area contributed by atoms with Crippen molar-refractivity contribution < 1.29 is 8.42 Å². The lowest BCUT2D eigenvalue weighted by molar-refractivity contribution is 0.570. The van der Waals surface area contributed by atoms with Crippen LogP contribution in [0, 0.1) is 6.92 Å². The molecule has 0 bridgehead atoms. The van der Waals surface area contributed by atoms with Crippen LogP contribution in [0.25, 0.3) is 0 Å². The molecule has 1 aromatic rings. The Balaban J connectivity index is 3.40. The molecule has 6 heteroatoms. The van der Waals surface area contributed by atoms with Gasteiger partial charge in [0.15, 0.2) is 0 Å². The van der Waals surface area contributed by atoms with Crippen molar-refractivity contribution in [2.45, 2.75) is 45.1 Å². The van der Waals surface area contributed by atoms with E-state index in [1.807, 2.05) is 19.9 Å². The third kappa shape index (κ3) is 4.68. The molecule has 0 saturated heterocycles. The summed E-state index contributed by atoms with van der Waals surface area (Å²) < 4.78 is 27.4. The summed E-state index contributed by atoms with van der Waals surface area (Å²) in [6, 6.07) is 3.14. The normalized spacial score (nSPS) is 12.8. The maximum Gasteiger partial charge on any atom is 0.245 e. The number of allylic oxidation sites excluding steroid dienone is 2. The highest BCUT2D eigenvalue weighted by atomic mass is 32.2. The first-order valence-electron chi connectivity index (χ1n) is 6.90. The smallest absolute Gasteiger partial charge is 0.245 e. The van der Waals surface area contributed by atoms with Crippen molar-refractivity contribution in [2.75, 3.05) is 5.73 Å². The van der Waals surface area contributed by atoms with Crippen LogP contribution < -0.4 is 10.5 Å². The van der Waals surface area contributed by atoms with Crippen molar-refractivity contribution in [1.82, 2.24) is 4.72 Å². The van der Waals surface area contributed by atoms with Crippen LogP contribution in [0.3, 0.4) is 0 Å². The fraction of sp³-hybridized carbons (Fsp3) is 0.400. The van der Waals surface area contributed by atoms with E-state index in [0.717, 1.165) is 12.0 Å². The van der Waals surface area contributed by atoms with E-state index in [9.17, 15) is 8.42 Å². The molecule has 0 heterocycles. The molecule has 21 heavy (non-hydrogen) atoms. The molecule has 0 saturated carbocycles. The van der Waals surface area contributed by atoms with Crippen LogP contribution in [0.5, 0.6) is 0 Å². The number of aryl methyl sites for hydroxylation is 1. The number of anilines is 1. The number of nitrogens with two attached hydrogens (primary N) is 1. The molecule has 5 nitrogen and oxygen atoms in total. The zero-order valence-corrected chi connectivity index (χ0v) is 13.7. The second kappa shape index (κ2) is 7.38. The molecule has 1 aromatic carbocycles. The van der Waals surface area contributed by atoms with Crippen LogP contribution >= 0.6 is 0 Å². The Morgan fingerprint density at radius 1 is 1.38 bits per heavy atom. The van der Waals surface area contributed by atoms with Crippen LogP contribution in [0.1, 0.15) is 32.8 Å². The van der Waals surface area contributed by atoms with Crippen LogP contribution in [0.15, 0.2) is 34.2 Å². The summed E-state index contributed by atoms with van der Waals surface area (Å²) in [6.45, 7) is 7.34. The first-order valence-corrected chi connectivity index (χ1v) is 8.38. The molecule has 0 radical (unpaired) electrons. The van der Waals surface area contributed by atoms with E-state index in [-0.39, 0.29) is 16.6 Å². The lowest BCUT2D eigenvalue weighted by Gasteiger charge is -2.15. The highest BCUT2D eigenvalue weighted by Crippen LogP contribution is 2.33. The fourth-order valence-corrected chi connectivity index (χ4v) is 3.40. The molecule has 0 aromatic heterocycles. The molecule has 0 atom stereocenters. The summed E-state index contributed by atoms with van der Waals surface area (Å²) in [7, 11) is -3.70. The number of nitrogens with one attached hydrogen (secondary N) is 1. The molecular weight excluding hydrogens is 286 g/mol. The zero-order chi connectivity index (χ0) is 16.0. The van der Waals surface area contributed by atoms with Gasteiger partial charge >= 0.3 is 0 Å². The molecule has 0 spiro atoms. The quantitative estimate of drug-likeness (QED) is 0.626. The molecule has 0 aliphatic carbocycles. The molecule has 1 rings (SSSR count). The van der Waals surface area contributed by atoms with Crippen molar-refractivity contribution in [1.29, 1.82) is 0 Å². The molecule has 0 aliphatic heterocycles. The van der Waals surface area contributed by atoms with Crippen LogP contribution in [0.4, 0.5) is 11.4 Å². The van der Waals surface area contributed by atoms with Gasteiger partial charge in [-0.1, -0.05) is 19.1 Å². The summed E-state index contributed by atoms with van der Waals surface area (Å²) in [5.41, 5.74) is 7.20. The van der Waals surface area contributed by atoms with E-state index in [1.54, 1.807) is 38.3 Å². The van der Waals surface area contributed by atoms with E-state index in [0.29, 0.717) is 5.69 Å². The minimum Gasteiger partial charge on any atom is -0.398 e. The number of aliphatic imine (C=N–C) groups is 1. The second-order valence-electron chi connectivity index (χ2n) is 5.04. The summed E-state index contributed by atoms with van der Waals surface area (Å²) in [5.74, 6) is 0. The zero-order valence-electron chi connectivity index (χ0n) is 12.9. The Morgan fingerprint density at radius 2 is 2.05 bits per heavy atom. The minimum absolute atomic E-state index is 0.0392. The average molecular weight is 309 g/mol. The SMILES string of the molecule is CC/C=C/C=N\c1c(C)ccc(N)c1S(=O)(=O)NC(C)C. The van der Waals surface area contributed by atoms with Crippen LogP contribution in [-0.2, 0) is 10.0 Å². The maximum absolute atomic E-state index is 12.4. The van der Waals surface area contributed by atoms with Gasteiger partial charge in [-0.2, -0.15) is 0 Å². The maximum atomic E-state index is 12.4. The molecule has 3 N–H and O–H groups in total. The predicted molar refractivity (Wildman–Crippen MR) is 88.6 cm³/mol. The van der Waals surface area contributed by atoms with Crippen molar-refractivity contribution in [3.8, 4) is 0 Å². The summed E-state index contributed by atoms with van der Waals surface area (Å²) in [4.78, 5) is 4.31. The number of hydrogen-bond donors (Lipinski definition) is 2. The molecular formula is C15H23N3O2S. The van der Waals surface area contributed by atoms with Gasteiger partial charge in [-0.25, -0.2) is 13.1 Å². The van der Waals surface area contributed by atoms with Gasteiger partial charge in [0.25, 0.3) is 0 Å². The first-order chi connectivity index (χ1) is 9.79. The Kier molecular flexibility index (Phi) is 6.11. The van der Waals surface area contributed by atoms with Crippen molar-refractivity contribution in [2.24, 2.45) is 4.99 Å². The summed E-state index contributed by atoms with van der Waals surface area (Å²) in [6.07, 6.45) is 6.20. The van der Waals surface area contributed by atoms with Crippen LogP contribution in [-0.4, -0.2) is 20.7 Å². The van der Waals surface area contributed by atoms with Gasteiger partial charge in [0.1, 0.15) is 4.90 Å². The third-order valence-electron chi connectivity index (χ3n) is 2.68. The average Bonchev–Trinajstić information content (AvgIpc) is 2.36. The molecule has 0 fully saturated rings. The van der Waals surface area contributed by atoms with Crippen LogP contribution in [0.2, 0.25) is 0 Å². The molecule has 0 unspecified atom stereocenters. The highest BCUT2D eigenvalue weighted by Gasteiger charge is 2.23. The van der Waals surface area contributed by atoms with Gasteiger partial charge in [-0.05, 0) is 44.9 Å². The Bertz CT molecular complexity index is 647. The van der Waals surface area contributed by atoms with Gasteiger partial charge in [0.2, 0.25) is 10.0 Å². The monoisotopic (exact) mass is 309 g/mol. The number of sulfonamides is 1. The van der Waals surface area contributed by atoms with Crippen molar-refractivity contribution in [3.63, 3.8) is 0 Å². The Labute approximate surface area is 127 Å². The number of benzene rings is 1. The minimum atomic E-state index is -3.70. The van der Waals surface area contributed by atoms with E-state index < -0.39 is 10.0 Å². The van der Waals surface area contributed by atoms with E-state index in [1.165, 1.54) is 0 Å².